The van der Waals surface area contributed by atoms with E-state index < -0.39 is 5.97 Å². The molecule has 5 heteroatoms. The van der Waals surface area contributed by atoms with E-state index in [2.05, 4.69) is 10.3 Å². The molecular weight excluding hydrogens is 232 g/mol. The van der Waals surface area contributed by atoms with Crippen molar-refractivity contribution in [2.75, 3.05) is 11.9 Å². The van der Waals surface area contributed by atoms with Crippen molar-refractivity contribution in [1.29, 1.82) is 0 Å². The zero-order valence-electron chi connectivity index (χ0n) is 11.2. The first-order chi connectivity index (χ1) is 8.26. The smallest absolute Gasteiger partial charge is 0.339 e. The molecule has 0 atom stereocenters. The maximum atomic E-state index is 11.3. The van der Waals surface area contributed by atoms with Crippen LogP contribution in [0.15, 0.2) is 6.07 Å². The van der Waals surface area contributed by atoms with Crippen LogP contribution in [-0.4, -0.2) is 33.3 Å². The highest BCUT2D eigenvalue weighted by Crippen LogP contribution is 2.24. The van der Waals surface area contributed by atoms with Crippen molar-refractivity contribution < 1.29 is 15.0 Å². The third-order valence-corrected chi connectivity index (χ3v) is 2.75. The van der Waals surface area contributed by atoms with Crippen molar-refractivity contribution in [3.8, 4) is 0 Å². The molecule has 1 aromatic heterocycles. The number of carbonyl (C=O) groups is 1. The quantitative estimate of drug-likeness (QED) is 0.746. The molecule has 0 bridgehead atoms. The molecule has 0 aromatic carbocycles. The fourth-order valence-electron chi connectivity index (χ4n) is 1.90. The van der Waals surface area contributed by atoms with E-state index in [0.29, 0.717) is 17.8 Å². The summed E-state index contributed by atoms with van der Waals surface area (Å²) in [6, 6.07) is 1.72. The topological polar surface area (TPSA) is 82.5 Å². The van der Waals surface area contributed by atoms with Crippen LogP contribution in [0.3, 0.4) is 0 Å². The Hall–Kier alpha value is -1.62. The minimum absolute atomic E-state index is 0.0471. The molecule has 18 heavy (non-hydrogen) atoms. The molecule has 100 valence electrons. The maximum absolute atomic E-state index is 11.3. The number of carboxylic acids is 1. The van der Waals surface area contributed by atoms with E-state index >= 15 is 0 Å². The lowest BCUT2D eigenvalue weighted by atomic mass is 9.99. The molecule has 1 aromatic rings. The van der Waals surface area contributed by atoms with E-state index in [1.807, 2.05) is 20.8 Å². The molecule has 0 aliphatic heterocycles. The molecule has 0 saturated heterocycles. The van der Waals surface area contributed by atoms with E-state index in [1.165, 1.54) is 0 Å². The van der Waals surface area contributed by atoms with Gasteiger partial charge in [0.15, 0.2) is 0 Å². The molecule has 0 saturated carbocycles. The van der Waals surface area contributed by atoms with Gasteiger partial charge in [0, 0.05) is 17.8 Å². The predicted molar refractivity (Wildman–Crippen MR) is 70.1 cm³/mol. The SMILES string of the molecule is Cc1cc(NC(C)(C)CCO)c(C(=O)O)c(C)n1. The lowest BCUT2D eigenvalue weighted by Crippen LogP contribution is -2.33. The number of pyridine rings is 1. The number of rotatable bonds is 5. The first-order valence-corrected chi connectivity index (χ1v) is 5.87. The molecule has 5 nitrogen and oxygen atoms in total. The molecule has 0 amide bonds. The number of aliphatic hydroxyl groups excluding tert-OH is 1. The highest BCUT2D eigenvalue weighted by Gasteiger charge is 2.22. The van der Waals surface area contributed by atoms with Crippen molar-refractivity contribution in [2.45, 2.75) is 39.7 Å². The Morgan fingerprint density at radius 1 is 1.44 bits per heavy atom. The summed E-state index contributed by atoms with van der Waals surface area (Å²) in [5, 5.41) is 21.4. The van der Waals surface area contributed by atoms with Gasteiger partial charge in [0.2, 0.25) is 0 Å². The number of hydrogen-bond acceptors (Lipinski definition) is 4. The van der Waals surface area contributed by atoms with Crippen molar-refractivity contribution in [2.24, 2.45) is 0 Å². The highest BCUT2D eigenvalue weighted by molar-refractivity contribution is 5.95. The lowest BCUT2D eigenvalue weighted by molar-refractivity contribution is 0.0696. The average molecular weight is 252 g/mol. The fraction of sp³-hybridized carbons (Fsp3) is 0.538. The standard InChI is InChI=1S/C13H20N2O3/c1-8-7-10(15-13(3,4)5-6-16)11(12(17)18)9(2)14-8/h7,16H,5-6H2,1-4H3,(H,14,15)(H,17,18). The van der Waals surface area contributed by atoms with Crippen LogP contribution >= 0.6 is 0 Å². The Balaban J connectivity index is 3.19. The van der Waals surface area contributed by atoms with E-state index in [1.54, 1.807) is 13.0 Å². The van der Waals surface area contributed by atoms with E-state index in [0.717, 1.165) is 5.69 Å². The summed E-state index contributed by atoms with van der Waals surface area (Å²) in [7, 11) is 0. The monoisotopic (exact) mass is 252 g/mol. The molecule has 1 heterocycles. The number of aliphatic hydroxyl groups is 1. The van der Waals surface area contributed by atoms with Gasteiger partial charge in [0.25, 0.3) is 0 Å². The molecule has 0 aliphatic rings. The summed E-state index contributed by atoms with van der Waals surface area (Å²) in [5.74, 6) is -0.998. The Bertz CT molecular complexity index is 456. The lowest BCUT2D eigenvalue weighted by Gasteiger charge is -2.28. The first-order valence-electron chi connectivity index (χ1n) is 5.87. The van der Waals surface area contributed by atoms with Gasteiger partial charge in [-0.15, -0.1) is 0 Å². The van der Waals surface area contributed by atoms with Gasteiger partial charge in [0.1, 0.15) is 5.56 Å². The molecule has 0 fully saturated rings. The van der Waals surface area contributed by atoms with E-state index in [-0.39, 0.29) is 17.7 Å². The summed E-state index contributed by atoms with van der Waals surface area (Å²) in [5.41, 5.74) is 1.61. The number of nitrogens with one attached hydrogen (secondary N) is 1. The van der Waals surface area contributed by atoms with Crippen LogP contribution < -0.4 is 5.32 Å². The molecule has 1 rings (SSSR count). The number of aromatic carboxylic acids is 1. The average Bonchev–Trinajstić information content (AvgIpc) is 2.13. The van der Waals surface area contributed by atoms with Crippen molar-refractivity contribution in [3.63, 3.8) is 0 Å². The predicted octanol–water partition coefficient (Wildman–Crippen LogP) is 1.97. The molecule has 0 unspecified atom stereocenters. The van der Waals surface area contributed by atoms with Gasteiger partial charge in [-0.1, -0.05) is 0 Å². The van der Waals surface area contributed by atoms with Crippen LogP contribution in [0.5, 0.6) is 0 Å². The van der Waals surface area contributed by atoms with Gasteiger partial charge >= 0.3 is 5.97 Å². The van der Waals surface area contributed by atoms with Gasteiger partial charge in [-0.05, 0) is 40.2 Å². The first kappa shape index (κ1) is 14.4. The normalized spacial score (nSPS) is 11.4. The molecule has 0 aliphatic carbocycles. The Kier molecular flexibility index (Phi) is 4.29. The highest BCUT2D eigenvalue weighted by atomic mass is 16.4. The summed E-state index contributed by atoms with van der Waals surface area (Å²) in [4.78, 5) is 15.4. The zero-order chi connectivity index (χ0) is 13.9. The number of aryl methyl sites for hydroxylation is 2. The Morgan fingerprint density at radius 3 is 2.56 bits per heavy atom. The van der Waals surface area contributed by atoms with Crippen molar-refractivity contribution in [1.82, 2.24) is 4.98 Å². The Morgan fingerprint density at radius 2 is 2.06 bits per heavy atom. The zero-order valence-corrected chi connectivity index (χ0v) is 11.2. The van der Waals surface area contributed by atoms with Gasteiger partial charge in [-0.25, -0.2) is 4.79 Å². The second-order valence-corrected chi connectivity index (χ2v) is 5.06. The molecule has 0 spiro atoms. The number of hydrogen-bond donors (Lipinski definition) is 3. The molecular formula is C13H20N2O3. The van der Waals surface area contributed by atoms with Gasteiger partial charge in [0.05, 0.1) is 11.4 Å². The van der Waals surface area contributed by atoms with Crippen LogP contribution in [0.2, 0.25) is 0 Å². The van der Waals surface area contributed by atoms with Crippen LogP contribution in [0.4, 0.5) is 5.69 Å². The van der Waals surface area contributed by atoms with Gasteiger partial charge in [-0.2, -0.15) is 0 Å². The number of aromatic nitrogens is 1. The molecule has 3 N–H and O–H groups in total. The minimum atomic E-state index is -0.998. The second kappa shape index (κ2) is 5.35. The fourth-order valence-corrected chi connectivity index (χ4v) is 1.90. The van der Waals surface area contributed by atoms with E-state index in [9.17, 15) is 9.90 Å². The van der Waals surface area contributed by atoms with Crippen molar-refractivity contribution >= 4 is 11.7 Å². The van der Waals surface area contributed by atoms with Gasteiger partial charge < -0.3 is 15.5 Å². The second-order valence-electron chi connectivity index (χ2n) is 5.06. The third-order valence-electron chi connectivity index (χ3n) is 2.75. The van der Waals surface area contributed by atoms with Gasteiger partial charge in [-0.3, -0.25) is 4.98 Å². The summed E-state index contributed by atoms with van der Waals surface area (Å²) in [6.07, 6.45) is 0.534. The van der Waals surface area contributed by atoms with Crippen LogP contribution in [0.1, 0.15) is 42.0 Å². The number of nitrogens with zero attached hydrogens (tertiary/aromatic N) is 1. The minimum Gasteiger partial charge on any atom is -0.478 e. The van der Waals surface area contributed by atoms with Crippen LogP contribution in [-0.2, 0) is 0 Å². The summed E-state index contributed by atoms with van der Waals surface area (Å²) >= 11 is 0. The Labute approximate surface area is 107 Å². The maximum Gasteiger partial charge on any atom is 0.339 e. The summed E-state index contributed by atoms with van der Waals surface area (Å²) < 4.78 is 0. The largest absolute Gasteiger partial charge is 0.478 e. The summed E-state index contributed by atoms with van der Waals surface area (Å²) in [6.45, 7) is 7.38. The van der Waals surface area contributed by atoms with Crippen LogP contribution in [0, 0.1) is 13.8 Å². The third kappa shape index (κ3) is 3.43. The number of anilines is 1. The number of carboxylic acid groups (broad SMARTS) is 1. The van der Waals surface area contributed by atoms with Crippen LogP contribution in [0.25, 0.3) is 0 Å². The van der Waals surface area contributed by atoms with Crippen molar-refractivity contribution in [3.05, 3.63) is 23.0 Å². The molecule has 0 radical (unpaired) electrons. The van der Waals surface area contributed by atoms with E-state index in [4.69, 9.17) is 5.11 Å².